The van der Waals surface area contributed by atoms with Crippen LogP contribution in [0, 0.1) is 0 Å². The van der Waals surface area contributed by atoms with Gasteiger partial charge < -0.3 is 9.47 Å². The predicted octanol–water partition coefficient (Wildman–Crippen LogP) is 4.13. The molecule has 0 radical (unpaired) electrons. The first-order valence-corrected chi connectivity index (χ1v) is 9.54. The Hall–Kier alpha value is -2.73. The van der Waals surface area contributed by atoms with Gasteiger partial charge in [-0.2, -0.15) is 0 Å². The molecular weight excluding hydrogens is 342 g/mol. The number of nitrogens with zero attached hydrogens (tertiary/aromatic N) is 5. The van der Waals surface area contributed by atoms with Crippen molar-refractivity contribution in [2.75, 3.05) is 11.9 Å². The van der Waals surface area contributed by atoms with Gasteiger partial charge in [-0.1, -0.05) is 37.3 Å². The van der Waals surface area contributed by atoms with E-state index in [4.69, 9.17) is 0 Å². The molecule has 3 heterocycles. The number of anilines is 1. The number of aryl methyl sites for hydroxylation is 1. The summed E-state index contributed by atoms with van der Waals surface area (Å²) in [6.45, 7) is 3.69. The van der Waals surface area contributed by atoms with E-state index in [1.807, 2.05) is 18.5 Å². The normalized spacial score (nSPS) is 11.2. The number of imidazole rings is 1. The van der Waals surface area contributed by atoms with Gasteiger partial charge in [-0.15, -0.1) is 11.3 Å². The molecule has 0 saturated heterocycles. The van der Waals surface area contributed by atoms with Gasteiger partial charge >= 0.3 is 0 Å². The lowest BCUT2D eigenvalue weighted by molar-refractivity contribution is 0.705. The molecule has 0 aliphatic carbocycles. The molecule has 0 spiro atoms. The summed E-state index contributed by atoms with van der Waals surface area (Å²) >= 11 is 1.74. The standard InChI is InChI=1S/C20H21N5S/c1-3-16-11-17-19(22-14-23-20(17)26-16)24(2)13-18-21-9-10-25(18)12-15-7-5-4-6-8-15/h4-11,14H,3,12-13H2,1-2H3. The Balaban J connectivity index is 1.59. The van der Waals surface area contributed by atoms with Crippen LogP contribution in [0.25, 0.3) is 10.2 Å². The van der Waals surface area contributed by atoms with Crippen LogP contribution in [0.15, 0.2) is 55.1 Å². The minimum Gasteiger partial charge on any atom is -0.352 e. The molecule has 6 heteroatoms. The second-order valence-electron chi connectivity index (χ2n) is 6.30. The van der Waals surface area contributed by atoms with E-state index in [2.05, 4.69) is 68.7 Å². The molecule has 5 nitrogen and oxygen atoms in total. The maximum atomic E-state index is 4.56. The number of benzene rings is 1. The summed E-state index contributed by atoms with van der Waals surface area (Å²) in [6, 6.07) is 12.7. The topological polar surface area (TPSA) is 46.8 Å². The van der Waals surface area contributed by atoms with Crippen LogP contribution in [-0.2, 0) is 19.5 Å². The average Bonchev–Trinajstić information content (AvgIpc) is 3.28. The Morgan fingerprint density at radius 2 is 1.96 bits per heavy atom. The molecule has 26 heavy (non-hydrogen) atoms. The molecule has 4 rings (SSSR count). The van der Waals surface area contributed by atoms with Crippen LogP contribution in [0.2, 0.25) is 0 Å². The monoisotopic (exact) mass is 363 g/mol. The molecule has 0 amide bonds. The highest BCUT2D eigenvalue weighted by Crippen LogP contribution is 2.30. The summed E-state index contributed by atoms with van der Waals surface area (Å²) in [5.74, 6) is 1.98. The van der Waals surface area contributed by atoms with E-state index in [1.54, 1.807) is 17.7 Å². The van der Waals surface area contributed by atoms with Crippen molar-refractivity contribution in [1.29, 1.82) is 0 Å². The van der Waals surface area contributed by atoms with Gasteiger partial charge in [0.2, 0.25) is 0 Å². The van der Waals surface area contributed by atoms with E-state index in [9.17, 15) is 0 Å². The Kier molecular flexibility index (Phi) is 4.67. The van der Waals surface area contributed by atoms with Gasteiger partial charge in [-0.25, -0.2) is 15.0 Å². The minimum absolute atomic E-state index is 0.698. The average molecular weight is 363 g/mol. The SMILES string of the molecule is CCc1cc2c(N(C)Cc3nccn3Cc3ccccc3)ncnc2s1. The zero-order valence-electron chi connectivity index (χ0n) is 15.0. The summed E-state index contributed by atoms with van der Waals surface area (Å²) in [6.07, 6.45) is 6.57. The van der Waals surface area contributed by atoms with Gasteiger partial charge in [0.1, 0.15) is 22.8 Å². The van der Waals surface area contributed by atoms with E-state index in [-0.39, 0.29) is 0 Å². The maximum Gasteiger partial charge on any atom is 0.140 e. The third-order valence-corrected chi connectivity index (χ3v) is 5.63. The summed E-state index contributed by atoms with van der Waals surface area (Å²) in [5.41, 5.74) is 1.27. The predicted molar refractivity (Wildman–Crippen MR) is 107 cm³/mol. The lowest BCUT2D eigenvalue weighted by Gasteiger charge is -2.19. The molecular formula is C20H21N5S. The maximum absolute atomic E-state index is 4.56. The van der Waals surface area contributed by atoms with Crippen LogP contribution in [0.1, 0.15) is 23.2 Å². The largest absolute Gasteiger partial charge is 0.352 e. The van der Waals surface area contributed by atoms with Crippen molar-refractivity contribution < 1.29 is 0 Å². The van der Waals surface area contributed by atoms with Gasteiger partial charge in [-0.3, -0.25) is 0 Å². The molecule has 0 aliphatic heterocycles. The first kappa shape index (κ1) is 16.7. The minimum atomic E-state index is 0.698. The molecule has 1 aromatic carbocycles. The Labute approximate surface area is 157 Å². The fourth-order valence-electron chi connectivity index (χ4n) is 3.07. The molecule has 0 fully saturated rings. The van der Waals surface area contributed by atoms with Crippen molar-refractivity contribution in [3.05, 3.63) is 71.4 Å². The molecule has 3 aromatic heterocycles. The third-order valence-electron chi connectivity index (χ3n) is 4.45. The van der Waals surface area contributed by atoms with Gasteiger partial charge in [0.25, 0.3) is 0 Å². The van der Waals surface area contributed by atoms with E-state index in [1.165, 1.54) is 10.4 Å². The molecule has 0 saturated carbocycles. The molecule has 0 bridgehead atoms. The summed E-state index contributed by atoms with van der Waals surface area (Å²) < 4.78 is 2.19. The van der Waals surface area contributed by atoms with Crippen LogP contribution in [-0.4, -0.2) is 26.6 Å². The first-order valence-electron chi connectivity index (χ1n) is 8.73. The van der Waals surface area contributed by atoms with Crippen molar-refractivity contribution in [1.82, 2.24) is 19.5 Å². The van der Waals surface area contributed by atoms with Crippen LogP contribution >= 0.6 is 11.3 Å². The fraction of sp³-hybridized carbons (Fsp3) is 0.250. The quantitative estimate of drug-likeness (QED) is 0.517. The number of rotatable bonds is 6. The number of aromatic nitrogens is 4. The molecule has 0 aliphatic rings. The van der Waals surface area contributed by atoms with E-state index in [0.717, 1.165) is 34.8 Å². The zero-order valence-corrected chi connectivity index (χ0v) is 15.8. The molecule has 0 N–H and O–H groups in total. The number of thiophene rings is 1. The number of hydrogen-bond acceptors (Lipinski definition) is 5. The van der Waals surface area contributed by atoms with Crippen molar-refractivity contribution >= 4 is 27.4 Å². The first-order chi connectivity index (χ1) is 12.7. The van der Waals surface area contributed by atoms with Gasteiger partial charge in [-0.05, 0) is 18.1 Å². The fourth-order valence-corrected chi connectivity index (χ4v) is 4.00. The highest BCUT2D eigenvalue weighted by atomic mass is 32.1. The Bertz CT molecular complexity index is 1010. The molecule has 132 valence electrons. The van der Waals surface area contributed by atoms with Crippen LogP contribution in [0.3, 0.4) is 0 Å². The van der Waals surface area contributed by atoms with Crippen molar-refractivity contribution in [2.24, 2.45) is 0 Å². The van der Waals surface area contributed by atoms with E-state index >= 15 is 0 Å². The Morgan fingerprint density at radius 3 is 2.77 bits per heavy atom. The lowest BCUT2D eigenvalue weighted by atomic mass is 10.2. The van der Waals surface area contributed by atoms with Crippen molar-refractivity contribution in [2.45, 2.75) is 26.4 Å². The van der Waals surface area contributed by atoms with Crippen molar-refractivity contribution in [3.63, 3.8) is 0 Å². The lowest BCUT2D eigenvalue weighted by Crippen LogP contribution is -2.21. The summed E-state index contributed by atoms with van der Waals surface area (Å²) in [4.78, 5) is 18.1. The highest BCUT2D eigenvalue weighted by molar-refractivity contribution is 7.18. The second kappa shape index (κ2) is 7.25. The van der Waals surface area contributed by atoms with Gasteiger partial charge in [0, 0.05) is 30.9 Å². The second-order valence-corrected chi connectivity index (χ2v) is 7.41. The van der Waals surface area contributed by atoms with Crippen LogP contribution in [0.5, 0.6) is 0 Å². The van der Waals surface area contributed by atoms with Gasteiger partial charge in [0.05, 0.1) is 11.9 Å². The number of fused-ring (bicyclic) bond motifs is 1. The summed E-state index contributed by atoms with van der Waals surface area (Å²) in [5, 5.41) is 1.12. The smallest absolute Gasteiger partial charge is 0.140 e. The van der Waals surface area contributed by atoms with Gasteiger partial charge in [0.15, 0.2) is 0 Å². The third kappa shape index (κ3) is 3.32. The molecule has 0 atom stereocenters. The van der Waals surface area contributed by atoms with E-state index in [0.29, 0.717) is 6.54 Å². The van der Waals surface area contributed by atoms with E-state index < -0.39 is 0 Å². The summed E-state index contributed by atoms with van der Waals surface area (Å²) in [7, 11) is 2.06. The zero-order chi connectivity index (χ0) is 17.9. The molecule has 0 unspecified atom stereocenters. The highest BCUT2D eigenvalue weighted by Gasteiger charge is 2.14. The number of hydrogen-bond donors (Lipinski definition) is 0. The van der Waals surface area contributed by atoms with Crippen LogP contribution in [0.4, 0.5) is 5.82 Å². The molecule has 4 aromatic rings. The Morgan fingerprint density at radius 1 is 1.12 bits per heavy atom. The van der Waals surface area contributed by atoms with Crippen molar-refractivity contribution in [3.8, 4) is 0 Å². The van der Waals surface area contributed by atoms with Crippen LogP contribution < -0.4 is 4.90 Å².